The van der Waals surface area contributed by atoms with Gasteiger partial charge in [0.25, 0.3) is 0 Å². The summed E-state index contributed by atoms with van der Waals surface area (Å²) in [5, 5.41) is 3.02. The molecule has 0 aliphatic carbocycles. The van der Waals surface area contributed by atoms with Gasteiger partial charge in [-0.05, 0) is 30.7 Å². The highest BCUT2D eigenvalue weighted by molar-refractivity contribution is 7.89. The zero-order valence-electron chi connectivity index (χ0n) is 10.5. The molecule has 0 atom stereocenters. The first-order chi connectivity index (χ1) is 7.95. The smallest absolute Gasteiger partial charge is 0.240 e. The van der Waals surface area contributed by atoms with Crippen LogP contribution in [0.25, 0.3) is 0 Å². The van der Waals surface area contributed by atoms with Gasteiger partial charge in [0, 0.05) is 13.1 Å². The van der Waals surface area contributed by atoms with Crippen LogP contribution in [-0.4, -0.2) is 22.0 Å². The monoisotopic (exact) mass is 256 g/mol. The van der Waals surface area contributed by atoms with E-state index in [0.717, 1.165) is 12.1 Å². The van der Waals surface area contributed by atoms with Crippen molar-refractivity contribution in [2.75, 3.05) is 13.6 Å². The van der Waals surface area contributed by atoms with E-state index >= 15 is 0 Å². The van der Waals surface area contributed by atoms with Crippen LogP contribution < -0.4 is 10.0 Å². The standard InChI is InChI=1S/C12H20N2O2S/c1-10(2)8-14-17(15,16)12-6-4-11(5-7-12)9-13-3/h4-7,10,13-14H,8-9H2,1-3H3. The molecule has 96 valence electrons. The lowest BCUT2D eigenvalue weighted by molar-refractivity contribution is 0.560. The summed E-state index contributed by atoms with van der Waals surface area (Å²) in [4.78, 5) is 0.318. The van der Waals surface area contributed by atoms with Crippen LogP contribution in [0.4, 0.5) is 0 Å². The van der Waals surface area contributed by atoms with Crippen LogP contribution >= 0.6 is 0 Å². The van der Waals surface area contributed by atoms with Gasteiger partial charge >= 0.3 is 0 Å². The van der Waals surface area contributed by atoms with E-state index in [1.165, 1.54) is 0 Å². The van der Waals surface area contributed by atoms with Gasteiger partial charge in [-0.15, -0.1) is 0 Å². The molecule has 4 nitrogen and oxygen atoms in total. The minimum absolute atomic E-state index is 0.299. The average Bonchev–Trinajstić information content (AvgIpc) is 2.28. The molecule has 0 amide bonds. The largest absolute Gasteiger partial charge is 0.316 e. The quantitative estimate of drug-likeness (QED) is 0.807. The first-order valence-corrected chi connectivity index (χ1v) is 7.17. The summed E-state index contributed by atoms with van der Waals surface area (Å²) in [7, 11) is -1.50. The van der Waals surface area contributed by atoms with Crippen LogP contribution in [0.1, 0.15) is 19.4 Å². The molecule has 17 heavy (non-hydrogen) atoms. The van der Waals surface area contributed by atoms with Crippen molar-refractivity contribution < 1.29 is 8.42 Å². The fraction of sp³-hybridized carbons (Fsp3) is 0.500. The van der Waals surface area contributed by atoms with Crippen molar-refractivity contribution >= 4 is 10.0 Å². The van der Waals surface area contributed by atoms with Gasteiger partial charge in [-0.1, -0.05) is 26.0 Å². The first-order valence-electron chi connectivity index (χ1n) is 5.69. The van der Waals surface area contributed by atoms with E-state index < -0.39 is 10.0 Å². The number of hydrogen-bond acceptors (Lipinski definition) is 3. The molecule has 0 bridgehead atoms. The van der Waals surface area contributed by atoms with Crippen LogP contribution in [0.5, 0.6) is 0 Å². The summed E-state index contributed by atoms with van der Waals surface area (Å²) >= 11 is 0. The second-order valence-corrected chi connectivity index (χ2v) is 6.19. The van der Waals surface area contributed by atoms with E-state index in [4.69, 9.17) is 0 Å². The van der Waals surface area contributed by atoms with Crippen molar-refractivity contribution in [2.45, 2.75) is 25.3 Å². The third kappa shape index (κ3) is 4.46. The molecule has 0 saturated heterocycles. The fourth-order valence-electron chi connectivity index (χ4n) is 1.35. The predicted octanol–water partition coefficient (Wildman–Crippen LogP) is 1.34. The van der Waals surface area contributed by atoms with Crippen molar-refractivity contribution in [1.82, 2.24) is 10.0 Å². The molecule has 1 aromatic carbocycles. The van der Waals surface area contributed by atoms with E-state index in [1.54, 1.807) is 12.1 Å². The Kier molecular flexibility index (Phi) is 5.11. The van der Waals surface area contributed by atoms with Crippen molar-refractivity contribution in [2.24, 2.45) is 5.92 Å². The molecule has 5 heteroatoms. The fourth-order valence-corrected chi connectivity index (χ4v) is 2.56. The van der Waals surface area contributed by atoms with Gasteiger partial charge in [-0.2, -0.15) is 0 Å². The SMILES string of the molecule is CNCc1ccc(S(=O)(=O)NCC(C)C)cc1. The van der Waals surface area contributed by atoms with E-state index in [2.05, 4.69) is 10.0 Å². The molecule has 0 unspecified atom stereocenters. The zero-order valence-corrected chi connectivity index (χ0v) is 11.3. The van der Waals surface area contributed by atoms with Gasteiger partial charge in [-0.25, -0.2) is 13.1 Å². The van der Waals surface area contributed by atoms with Crippen LogP contribution in [0.2, 0.25) is 0 Å². The van der Waals surface area contributed by atoms with Crippen LogP contribution in [-0.2, 0) is 16.6 Å². The maximum atomic E-state index is 11.9. The minimum Gasteiger partial charge on any atom is -0.316 e. The van der Waals surface area contributed by atoms with Crippen LogP contribution in [0, 0.1) is 5.92 Å². The number of benzene rings is 1. The van der Waals surface area contributed by atoms with Gasteiger partial charge in [0.2, 0.25) is 10.0 Å². The third-order valence-corrected chi connectivity index (χ3v) is 3.74. The highest BCUT2D eigenvalue weighted by Gasteiger charge is 2.13. The predicted molar refractivity (Wildman–Crippen MR) is 69.2 cm³/mol. The molecule has 0 radical (unpaired) electrons. The number of sulfonamides is 1. The summed E-state index contributed by atoms with van der Waals surface area (Å²) in [6.07, 6.45) is 0. The number of rotatable bonds is 6. The molecule has 0 aliphatic heterocycles. The third-order valence-electron chi connectivity index (χ3n) is 2.30. The molecule has 2 N–H and O–H groups in total. The lowest BCUT2D eigenvalue weighted by atomic mass is 10.2. The summed E-state index contributed by atoms with van der Waals surface area (Å²) in [5.41, 5.74) is 1.07. The molecular formula is C12H20N2O2S. The second-order valence-electron chi connectivity index (χ2n) is 4.42. The van der Waals surface area contributed by atoms with Crippen LogP contribution in [0.3, 0.4) is 0 Å². The normalized spacial score (nSPS) is 12.0. The maximum absolute atomic E-state index is 11.9. The van der Waals surface area contributed by atoms with Crippen LogP contribution in [0.15, 0.2) is 29.2 Å². The van der Waals surface area contributed by atoms with Gasteiger partial charge < -0.3 is 5.32 Å². The lowest BCUT2D eigenvalue weighted by Gasteiger charge is -2.09. The summed E-state index contributed by atoms with van der Waals surface area (Å²) in [5.74, 6) is 0.299. The Morgan fingerprint density at radius 2 is 1.76 bits per heavy atom. The number of nitrogens with one attached hydrogen (secondary N) is 2. The van der Waals surface area contributed by atoms with Gasteiger partial charge in [0.15, 0.2) is 0 Å². The molecule has 1 aromatic rings. The Bertz CT molecular complexity index is 438. The molecule has 0 heterocycles. The Morgan fingerprint density at radius 3 is 2.24 bits per heavy atom. The van der Waals surface area contributed by atoms with Crippen molar-refractivity contribution in [3.63, 3.8) is 0 Å². The number of hydrogen-bond donors (Lipinski definition) is 2. The summed E-state index contributed by atoms with van der Waals surface area (Å²) in [6.45, 7) is 5.14. The van der Waals surface area contributed by atoms with Gasteiger partial charge in [-0.3, -0.25) is 0 Å². The van der Waals surface area contributed by atoms with Crippen molar-refractivity contribution in [1.29, 1.82) is 0 Å². The van der Waals surface area contributed by atoms with E-state index in [-0.39, 0.29) is 0 Å². The lowest BCUT2D eigenvalue weighted by Crippen LogP contribution is -2.27. The highest BCUT2D eigenvalue weighted by Crippen LogP contribution is 2.10. The average molecular weight is 256 g/mol. The first kappa shape index (κ1) is 14.2. The van der Waals surface area contributed by atoms with E-state index in [9.17, 15) is 8.42 Å². The molecule has 1 rings (SSSR count). The maximum Gasteiger partial charge on any atom is 0.240 e. The molecular weight excluding hydrogens is 236 g/mol. The summed E-state index contributed by atoms with van der Waals surface area (Å²) < 4.78 is 26.3. The molecule has 0 saturated carbocycles. The minimum atomic E-state index is -3.36. The topological polar surface area (TPSA) is 58.2 Å². The van der Waals surface area contributed by atoms with Crippen molar-refractivity contribution in [3.05, 3.63) is 29.8 Å². The Morgan fingerprint density at radius 1 is 1.18 bits per heavy atom. The second kappa shape index (κ2) is 6.14. The Hall–Kier alpha value is -0.910. The molecule has 0 spiro atoms. The molecule has 0 fully saturated rings. The molecule has 0 aromatic heterocycles. The van der Waals surface area contributed by atoms with E-state index in [0.29, 0.717) is 17.4 Å². The van der Waals surface area contributed by atoms with Crippen molar-refractivity contribution in [3.8, 4) is 0 Å². The van der Waals surface area contributed by atoms with Gasteiger partial charge in [0.1, 0.15) is 0 Å². The Labute approximate surface area is 103 Å². The zero-order chi connectivity index (χ0) is 12.9. The van der Waals surface area contributed by atoms with E-state index in [1.807, 2.05) is 33.0 Å². The summed E-state index contributed by atoms with van der Waals surface area (Å²) in [6, 6.07) is 6.91. The van der Waals surface area contributed by atoms with Gasteiger partial charge in [0.05, 0.1) is 4.90 Å². The molecule has 0 aliphatic rings. The Balaban J connectivity index is 2.77. The highest BCUT2D eigenvalue weighted by atomic mass is 32.2.